The summed E-state index contributed by atoms with van der Waals surface area (Å²) in [5.41, 5.74) is 1.62. The number of aryl methyl sites for hydroxylation is 1. The highest BCUT2D eigenvalue weighted by Gasteiger charge is 2.17. The van der Waals surface area contributed by atoms with E-state index in [0.29, 0.717) is 28.4 Å². The van der Waals surface area contributed by atoms with Crippen LogP contribution in [0.3, 0.4) is 0 Å². The average molecular weight is 384 g/mol. The van der Waals surface area contributed by atoms with Crippen molar-refractivity contribution in [1.29, 1.82) is 0 Å². The van der Waals surface area contributed by atoms with Gasteiger partial charge in [0.05, 0.1) is 24.7 Å². The smallest absolute Gasteiger partial charge is 0.257 e. The SMILES string of the molecule is COc1ccc(-c2nc(CSc3nnc(-c4ccoc4C)n3N)no2)cc1. The number of ether oxygens (including phenoxy) is 1. The molecule has 3 aromatic heterocycles. The zero-order valence-electron chi connectivity index (χ0n) is 14.6. The van der Waals surface area contributed by atoms with E-state index in [-0.39, 0.29) is 0 Å². The molecule has 0 atom stereocenters. The largest absolute Gasteiger partial charge is 0.497 e. The number of furan rings is 1. The first-order chi connectivity index (χ1) is 13.2. The van der Waals surface area contributed by atoms with Crippen molar-refractivity contribution in [3.63, 3.8) is 0 Å². The second-order valence-corrected chi connectivity index (χ2v) is 6.54. The monoisotopic (exact) mass is 384 g/mol. The van der Waals surface area contributed by atoms with Crippen LogP contribution in [0.25, 0.3) is 22.8 Å². The summed E-state index contributed by atoms with van der Waals surface area (Å²) in [4.78, 5) is 4.40. The van der Waals surface area contributed by atoms with Crippen LogP contribution in [0.5, 0.6) is 5.75 Å². The molecule has 3 heterocycles. The normalized spacial score (nSPS) is 11.0. The second-order valence-electron chi connectivity index (χ2n) is 5.60. The number of nitrogens with zero attached hydrogens (tertiary/aromatic N) is 5. The summed E-state index contributed by atoms with van der Waals surface area (Å²) >= 11 is 1.37. The van der Waals surface area contributed by atoms with Gasteiger partial charge in [0.25, 0.3) is 5.89 Å². The standard InChI is InChI=1S/C17H16N6O3S/c1-10-13(7-8-25-10)15-20-21-17(23(15)18)27-9-14-19-16(26-22-14)11-3-5-12(24-2)6-4-11/h3-8H,9,18H2,1-2H3. The molecule has 4 aromatic rings. The Morgan fingerprint density at radius 1 is 1.19 bits per heavy atom. The van der Waals surface area contributed by atoms with E-state index in [2.05, 4.69) is 20.3 Å². The maximum atomic E-state index is 6.10. The number of benzene rings is 1. The summed E-state index contributed by atoms with van der Waals surface area (Å²) < 4.78 is 17.2. The minimum atomic E-state index is 0.442. The zero-order valence-corrected chi connectivity index (χ0v) is 15.4. The lowest BCUT2D eigenvalue weighted by molar-refractivity contribution is 0.414. The van der Waals surface area contributed by atoms with E-state index in [9.17, 15) is 0 Å². The highest BCUT2D eigenvalue weighted by molar-refractivity contribution is 7.98. The lowest BCUT2D eigenvalue weighted by Gasteiger charge is -2.01. The Balaban J connectivity index is 1.46. The van der Waals surface area contributed by atoms with Crippen molar-refractivity contribution in [2.24, 2.45) is 0 Å². The minimum Gasteiger partial charge on any atom is -0.497 e. The fourth-order valence-electron chi connectivity index (χ4n) is 2.47. The van der Waals surface area contributed by atoms with E-state index in [1.807, 2.05) is 31.2 Å². The third-order valence-electron chi connectivity index (χ3n) is 3.90. The molecule has 2 N–H and O–H groups in total. The predicted molar refractivity (Wildman–Crippen MR) is 98.5 cm³/mol. The maximum Gasteiger partial charge on any atom is 0.257 e. The third kappa shape index (κ3) is 3.38. The Labute approximate surface area is 158 Å². The average Bonchev–Trinajstić information content (AvgIpc) is 3.41. The molecule has 0 saturated carbocycles. The summed E-state index contributed by atoms with van der Waals surface area (Å²) in [5, 5.41) is 12.8. The zero-order chi connectivity index (χ0) is 18.8. The quantitative estimate of drug-likeness (QED) is 0.395. The molecule has 0 saturated heterocycles. The van der Waals surface area contributed by atoms with E-state index in [1.165, 1.54) is 16.4 Å². The van der Waals surface area contributed by atoms with Gasteiger partial charge in [0, 0.05) is 5.56 Å². The van der Waals surface area contributed by atoms with Gasteiger partial charge >= 0.3 is 0 Å². The van der Waals surface area contributed by atoms with Gasteiger partial charge in [0.2, 0.25) is 5.16 Å². The Morgan fingerprint density at radius 3 is 2.70 bits per heavy atom. The Morgan fingerprint density at radius 2 is 2.00 bits per heavy atom. The molecule has 27 heavy (non-hydrogen) atoms. The number of methoxy groups -OCH3 is 1. The molecule has 1 aromatic carbocycles. The van der Waals surface area contributed by atoms with Crippen molar-refractivity contribution in [2.75, 3.05) is 13.0 Å². The highest BCUT2D eigenvalue weighted by atomic mass is 32.2. The molecule has 0 fully saturated rings. The first-order valence-corrected chi connectivity index (χ1v) is 8.99. The second kappa shape index (κ2) is 7.16. The summed E-state index contributed by atoms with van der Waals surface area (Å²) in [6, 6.07) is 9.20. The predicted octanol–water partition coefficient (Wildman–Crippen LogP) is 2.91. The third-order valence-corrected chi connectivity index (χ3v) is 4.84. The Kier molecular flexibility index (Phi) is 4.55. The number of hydrogen-bond donors (Lipinski definition) is 1. The van der Waals surface area contributed by atoms with Crippen molar-refractivity contribution in [1.82, 2.24) is 25.0 Å². The fraction of sp³-hybridized carbons (Fsp3) is 0.176. The molecule has 0 radical (unpaired) electrons. The number of aromatic nitrogens is 5. The van der Waals surface area contributed by atoms with Crippen LogP contribution in [0.4, 0.5) is 0 Å². The van der Waals surface area contributed by atoms with Crippen molar-refractivity contribution in [3.05, 3.63) is 48.2 Å². The van der Waals surface area contributed by atoms with Crippen molar-refractivity contribution >= 4 is 11.8 Å². The van der Waals surface area contributed by atoms with Gasteiger partial charge in [-0.05, 0) is 37.3 Å². The van der Waals surface area contributed by atoms with Gasteiger partial charge in [-0.1, -0.05) is 16.9 Å². The molecule has 0 aliphatic carbocycles. The van der Waals surface area contributed by atoms with Crippen LogP contribution in [0.2, 0.25) is 0 Å². The number of rotatable bonds is 6. The molecule has 10 heteroatoms. The van der Waals surface area contributed by atoms with Gasteiger partial charge in [-0.25, -0.2) is 4.68 Å². The molecular weight excluding hydrogens is 368 g/mol. The van der Waals surface area contributed by atoms with Gasteiger partial charge in [-0.15, -0.1) is 10.2 Å². The fourth-order valence-corrected chi connectivity index (χ4v) is 3.17. The van der Waals surface area contributed by atoms with Crippen molar-refractivity contribution < 1.29 is 13.7 Å². The Hall–Kier alpha value is -3.27. The minimum absolute atomic E-state index is 0.442. The van der Waals surface area contributed by atoms with E-state index >= 15 is 0 Å². The molecule has 0 amide bonds. The number of thioether (sulfide) groups is 1. The van der Waals surface area contributed by atoms with Crippen LogP contribution < -0.4 is 10.6 Å². The molecular formula is C17H16N6O3S. The van der Waals surface area contributed by atoms with Crippen molar-refractivity contribution in [2.45, 2.75) is 17.8 Å². The molecule has 0 bridgehead atoms. The molecule has 0 spiro atoms. The number of hydrogen-bond acceptors (Lipinski definition) is 9. The maximum absolute atomic E-state index is 6.10. The van der Waals surface area contributed by atoms with E-state index < -0.39 is 0 Å². The molecule has 138 valence electrons. The van der Waals surface area contributed by atoms with Crippen LogP contribution in [0.15, 0.2) is 50.7 Å². The summed E-state index contributed by atoms with van der Waals surface area (Å²) in [6.45, 7) is 1.84. The Bertz CT molecular complexity index is 1050. The van der Waals surface area contributed by atoms with Gasteiger partial charge in [-0.2, -0.15) is 4.98 Å². The first kappa shape index (κ1) is 17.2. The molecule has 0 unspecified atom stereocenters. The van der Waals surface area contributed by atoms with E-state index in [4.69, 9.17) is 19.5 Å². The molecule has 0 aliphatic rings. The number of nitrogens with two attached hydrogens (primary N) is 1. The summed E-state index contributed by atoms with van der Waals surface area (Å²) in [5.74, 6) is 9.56. The number of nitrogen functional groups attached to an aromatic ring is 1. The summed E-state index contributed by atoms with van der Waals surface area (Å²) in [6.07, 6.45) is 1.59. The van der Waals surface area contributed by atoms with Crippen molar-refractivity contribution in [3.8, 4) is 28.6 Å². The first-order valence-electron chi connectivity index (χ1n) is 8.00. The van der Waals surface area contributed by atoms with Gasteiger partial charge in [0.1, 0.15) is 11.5 Å². The molecule has 0 aliphatic heterocycles. The van der Waals surface area contributed by atoms with Crippen LogP contribution in [-0.2, 0) is 5.75 Å². The van der Waals surface area contributed by atoms with Gasteiger partial charge < -0.3 is 19.5 Å². The summed E-state index contributed by atoms with van der Waals surface area (Å²) in [7, 11) is 1.62. The van der Waals surface area contributed by atoms with Gasteiger partial charge in [0.15, 0.2) is 11.6 Å². The molecule has 4 rings (SSSR count). The van der Waals surface area contributed by atoms with E-state index in [0.717, 1.165) is 22.6 Å². The van der Waals surface area contributed by atoms with Crippen LogP contribution in [0.1, 0.15) is 11.6 Å². The van der Waals surface area contributed by atoms with Crippen LogP contribution in [0, 0.1) is 6.92 Å². The van der Waals surface area contributed by atoms with Gasteiger partial charge in [-0.3, -0.25) is 0 Å². The highest BCUT2D eigenvalue weighted by Crippen LogP contribution is 2.27. The molecule has 9 nitrogen and oxygen atoms in total. The lowest BCUT2D eigenvalue weighted by atomic mass is 10.2. The van der Waals surface area contributed by atoms with E-state index in [1.54, 1.807) is 19.4 Å². The van der Waals surface area contributed by atoms with Crippen LogP contribution in [-0.4, -0.2) is 32.1 Å². The lowest BCUT2D eigenvalue weighted by Crippen LogP contribution is -2.11. The topological polar surface area (TPSA) is 118 Å². The van der Waals surface area contributed by atoms with Crippen LogP contribution >= 0.6 is 11.8 Å².